The predicted molar refractivity (Wildman–Crippen MR) is 286 cm³/mol. The molecule has 6 heteroatoms. The molecule has 0 saturated heterocycles. The van der Waals surface area contributed by atoms with Gasteiger partial charge in [-0.25, -0.2) is 4.98 Å². The summed E-state index contributed by atoms with van der Waals surface area (Å²) in [6.45, 7) is 18.2. The average Bonchev–Trinajstić information content (AvgIpc) is 3.93. The molecule has 0 aliphatic carbocycles. The summed E-state index contributed by atoms with van der Waals surface area (Å²) in [5.41, 5.74) is 14.0. The van der Waals surface area contributed by atoms with Crippen molar-refractivity contribution >= 4 is 44.6 Å². The first-order valence-corrected chi connectivity index (χ1v) is 23.9. The molecule has 0 N–H and O–H groups in total. The molecule has 11 rings (SSSR count). The fraction of sp³-hybridized carbons (Fsp3) is 0.156. The van der Waals surface area contributed by atoms with E-state index >= 15 is 0 Å². The number of hydrogen-bond donors (Lipinski definition) is 0. The van der Waals surface area contributed by atoms with Gasteiger partial charge in [-0.3, -0.25) is 0 Å². The SMILES string of the molecule is CC(C)(C)c1cc(-c2ccccc2)cc(N2[CH-]N(c3[c-]c(Oc4[c-]c5c(cc4)c4ccccc4n5-c4cc(C(C)(C)c5ccccc5)ccn4)ccc3)c3cc(C(C)(C)c4ccccc4)ccc32)c1.[Pt]. The Morgan fingerprint density at radius 3 is 1.81 bits per heavy atom. The van der Waals surface area contributed by atoms with E-state index in [9.17, 15) is 0 Å². The molecule has 0 fully saturated rings. The number of ether oxygens (including phenoxy) is 1. The van der Waals surface area contributed by atoms with Gasteiger partial charge in [0.15, 0.2) is 0 Å². The maximum atomic E-state index is 6.76. The number of anilines is 4. The van der Waals surface area contributed by atoms with E-state index in [-0.39, 0.29) is 37.3 Å². The molecule has 0 radical (unpaired) electrons. The zero-order valence-electron chi connectivity index (χ0n) is 40.6. The van der Waals surface area contributed by atoms with Crippen molar-refractivity contribution in [2.75, 3.05) is 9.80 Å². The summed E-state index contributed by atoms with van der Waals surface area (Å²) in [4.78, 5) is 9.53. The Balaban J connectivity index is 0.00000567. The molecule has 70 heavy (non-hydrogen) atoms. The van der Waals surface area contributed by atoms with Gasteiger partial charge in [0.2, 0.25) is 0 Å². The van der Waals surface area contributed by atoms with Crippen LogP contribution in [0.1, 0.15) is 76.3 Å². The third kappa shape index (κ3) is 8.51. The van der Waals surface area contributed by atoms with E-state index in [1.807, 2.05) is 24.4 Å². The van der Waals surface area contributed by atoms with Gasteiger partial charge in [-0.1, -0.05) is 175 Å². The number of rotatable bonds is 10. The maximum absolute atomic E-state index is 6.76. The molecule has 0 unspecified atom stereocenters. The minimum absolute atomic E-state index is 0. The van der Waals surface area contributed by atoms with Gasteiger partial charge >= 0.3 is 0 Å². The van der Waals surface area contributed by atoms with Crippen LogP contribution in [0.3, 0.4) is 0 Å². The molecule has 1 aliphatic rings. The third-order valence-electron chi connectivity index (χ3n) is 14.1. The maximum Gasteiger partial charge on any atom is 0.135 e. The van der Waals surface area contributed by atoms with Gasteiger partial charge in [0, 0.05) is 72.2 Å². The Morgan fingerprint density at radius 2 is 1.11 bits per heavy atom. The van der Waals surface area contributed by atoms with E-state index in [0.29, 0.717) is 11.5 Å². The van der Waals surface area contributed by atoms with Gasteiger partial charge in [-0.15, -0.1) is 48.1 Å². The van der Waals surface area contributed by atoms with Gasteiger partial charge in [0.25, 0.3) is 0 Å². The van der Waals surface area contributed by atoms with Crippen molar-refractivity contribution < 1.29 is 25.8 Å². The molecule has 5 nitrogen and oxygen atoms in total. The van der Waals surface area contributed by atoms with Crippen molar-refractivity contribution in [2.45, 2.75) is 64.7 Å². The zero-order chi connectivity index (χ0) is 47.5. The van der Waals surface area contributed by atoms with Crippen LogP contribution in [0.25, 0.3) is 38.8 Å². The first-order chi connectivity index (χ1) is 33.3. The van der Waals surface area contributed by atoms with E-state index in [1.54, 1.807) is 0 Å². The van der Waals surface area contributed by atoms with Crippen molar-refractivity contribution in [3.8, 4) is 28.4 Å². The number of hydrogen-bond acceptors (Lipinski definition) is 4. The number of benzene rings is 8. The Labute approximate surface area is 427 Å². The van der Waals surface area contributed by atoms with Crippen molar-refractivity contribution in [2.24, 2.45) is 0 Å². The van der Waals surface area contributed by atoms with Gasteiger partial charge < -0.3 is 19.1 Å². The number of fused-ring (bicyclic) bond motifs is 4. The third-order valence-corrected chi connectivity index (χ3v) is 14.1. The first-order valence-electron chi connectivity index (χ1n) is 23.9. The summed E-state index contributed by atoms with van der Waals surface area (Å²) >= 11 is 0. The summed E-state index contributed by atoms with van der Waals surface area (Å²) < 4.78 is 8.97. The molecule has 8 aromatic carbocycles. The summed E-state index contributed by atoms with van der Waals surface area (Å²) in [5.74, 6) is 2.01. The molecule has 2 aromatic heterocycles. The molecule has 0 atom stereocenters. The molecule has 0 amide bonds. The molecule has 0 saturated carbocycles. The van der Waals surface area contributed by atoms with Crippen molar-refractivity contribution in [3.63, 3.8) is 0 Å². The predicted octanol–water partition coefficient (Wildman–Crippen LogP) is 16.6. The summed E-state index contributed by atoms with van der Waals surface area (Å²) in [5, 5.41) is 2.21. The number of aromatic nitrogens is 2. The minimum Gasteiger partial charge on any atom is -0.509 e. The van der Waals surface area contributed by atoms with Gasteiger partial charge in [0.1, 0.15) is 5.82 Å². The van der Waals surface area contributed by atoms with E-state index in [0.717, 1.165) is 50.4 Å². The Morgan fingerprint density at radius 1 is 0.471 bits per heavy atom. The van der Waals surface area contributed by atoms with Crippen molar-refractivity contribution in [3.05, 3.63) is 247 Å². The van der Waals surface area contributed by atoms with Crippen LogP contribution in [0.4, 0.5) is 22.7 Å². The van der Waals surface area contributed by atoms with Crippen LogP contribution in [0, 0.1) is 18.8 Å². The molecular formula is C64H55N4OPt-3. The standard InChI is InChI=1S/C64H55N4O.Pt/c1-62(2,3)50-36-45(44-20-11-8-12-21-44)37-52(38-50)67-43-66(60-39-48(30-33-58(60)67)63(4,5)46-22-13-9-14-23-46)51-26-19-27-53(41-51)69-54-31-32-56-55-28-17-18-29-57(55)68(59(56)42-54)61-40-49(34-35-65-61)64(6,7)47-24-15-10-16-25-47;/h8-40,43H,1-7H3;/q-3;. The van der Waals surface area contributed by atoms with E-state index in [2.05, 4.69) is 258 Å². The average molecular weight is 1090 g/mol. The molecule has 0 spiro atoms. The molecule has 3 heterocycles. The van der Waals surface area contributed by atoms with Crippen LogP contribution in [0.2, 0.25) is 0 Å². The Bertz CT molecular complexity index is 3500. The second-order valence-electron chi connectivity index (χ2n) is 20.3. The van der Waals surface area contributed by atoms with Crippen LogP contribution in [-0.4, -0.2) is 9.55 Å². The number of pyridine rings is 1. The zero-order valence-corrected chi connectivity index (χ0v) is 42.9. The molecular weight excluding hydrogens is 1040 g/mol. The van der Waals surface area contributed by atoms with Crippen LogP contribution in [-0.2, 0) is 37.3 Å². The molecule has 10 aromatic rings. The van der Waals surface area contributed by atoms with Crippen LogP contribution < -0.4 is 14.5 Å². The fourth-order valence-corrected chi connectivity index (χ4v) is 9.83. The second-order valence-corrected chi connectivity index (χ2v) is 20.3. The minimum atomic E-state index is -0.247. The molecule has 0 bridgehead atoms. The largest absolute Gasteiger partial charge is 0.509 e. The number of para-hydroxylation sites is 1. The van der Waals surface area contributed by atoms with E-state index < -0.39 is 0 Å². The van der Waals surface area contributed by atoms with Crippen molar-refractivity contribution in [1.82, 2.24) is 9.55 Å². The first kappa shape index (κ1) is 46.5. The summed E-state index contributed by atoms with van der Waals surface area (Å²) in [6, 6.07) is 76.4. The van der Waals surface area contributed by atoms with Crippen LogP contribution >= 0.6 is 0 Å². The topological polar surface area (TPSA) is 33.5 Å². The molecule has 350 valence electrons. The van der Waals surface area contributed by atoms with Crippen LogP contribution in [0.5, 0.6) is 11.5 Å². The molecule has 1 aliphatic heterocycles. The van der Waals surface area contributed by atoms with E-state index in [1.165, 1.54) is 38.9 Å². The van der Waals surface area contributed by atoms with Gasteiger partial charge in [-0.2, -0.15) is 12.1 Å². The summed E-state index contributed by atoms with van der Waals surface area (Å²) in [7, 11) is 0. The van der Waals surface area contributed by atoms with Crippen LogP contribution in [0.15, 0.2) is 200 Å². The fourth-order valence-electron chi connectivity index (χ4n) is 9.83. The summed E-state index contributed by atoms with van der Waals surface area (Å²) in [6.07, 6.45) is 1.92. The van der Waals surface area contributed by atoms with Gasteiger partial charge in [0.05, 0.1) is 0 Å². The smallest absolute Gasteiger partial charge is 0.135 e. The second kappa shape index (κ2) is 18.3. The Kier molecular flexibility index (Phi) is 12.1. The normalized spacial score (nSPS) is 12.8. The Hall–Kier alpha value is -7.20. The van der Waals surface area contributed by atoms with Gasteiger partial charge in [-0.05, 0) is 92.2 Å². The van der Waals surface area contributed by atoms with Crippen molar-refractivity contribution in [1.29, 1.82) is 0 Å². The quantitative estimate of drug-likeness (QED) is 0.128. The number of nitrogens with zero attached hydrogens (tertiary/aromatic N) is 4. The monoisotopic (exact) mass is 1090 g/mol. The van der Waals surface area contributed by atoms with E-state index in [4.69, 9.17) is 9.72 Å².